The van der Waals surface area contributed by atoms with Crippen molar-refractivity contribution in [3.63, 3.8) is 0 Å². The minimum Gasteiger partial charge on any atom is -0.395 e. The van der Waals surface area contributed by atoms with E-state index < -0.39 is 0 Å². The van der Waals surface area contributed by atoms with Gasteiger partial charge < -0.3 is 10.4 Å². The van der Waals surface area contributed by atoms with E-state index in [4.69, 9.17) is 5.11 Å². The second-order valence-corrected chi connectivity index (χ2v) is 5.62. The van der Waals surface area contributed by atoms with Gasteiger partial charge in [-0.3, -0.25) is 4.90 Å². The summed E-state index contributed by atoms with van der Waals surface area (Å²) in [6.07, 6.45) is 3.65. The number of likely N-dealkylation sites (N-methyl/N-ethyl adjacent to an activating group) is 1. The van der Waals surface area contributed by atoms with E-state index >= 15 is 0 Å². The summed E-state index contributed by atoms with van der Waals surface area (Å²) in [4.78, 5) is 2.61. The van der Waals surface area contributed by atoms with Gasteiger partial charge in [0.2, 0.25) is 0 Å². The van der Waals surface area contributed by atoms with Gasteiger partial charge in [0.05, 0.1) is 6.61 Å². The number of hydrogen-bond donors (Lipinski definition) is 2. The molecule has 2 N–H and O–H groups in total. The summed E-state index contributed by atoms with van der Waals surface area (Å²) in [6, 6.07) is 7.53. The van der Waals surface area contributed by atoms with Crippen LogP contribution in [0.15, 0.2) is 18.2 Å². The Morgan fingerprint density at radius 1 is 1.35 bits per heavy atom. The molecule has 1 aromatic carbocycles. The smallest absolute Gasteiger partial charge is 0.0556 e. The summed E-state index contributed by atoms with van der Waals surface area (Å²) >= 11 is 0. The Kier molecular flexibility index (Phi) is 6.02. The lowest BCUT2D eigenvalue weighted by Crippen LogP contribution is -2.35. The van der Waals surface area contributed by atoms with Crippen LogP contribution >= 0.6 is 0 Å². The van der Waals surface area contributed by atoms with Crippen LogP contribution < -0.4 is 5.32 Å². The quantitative estimate of drug-likeness (QED) is 0.751. The van der Waals surface area contributed by atoms with Crippen LogP contribution in [0.4, 0.5) is 0 Å². The summed E-state index contributed by atoms with van der Waals surface area (Å²) in [5.41, 5.74) is 4.39. The Hall–Kier alpha value is -0.900. The first kappa shape index (κ1) is 15.5. The van der Waals surface area contributed by atoms with Gasteiger partial charge in [-0.25, -0.2) is 0 Å². The minimum atomic E-state index is 0.203. The molecule has 1 atom stereocenters. The molecule has 3 heteroatoms. The SMILES string of the molecule is CCCC1c2ccc(CNCCO)cc2CCN1CC. The molecule has 0 radical (unpaired) electrons. The lowest BCUT2D eigenvalue weighted by Gasteiger charge is -2.37. The van der Waals surface area contributed by atoms with Crippen molar-refractivity contribution in [2.75, 3.05) is 26.2 Å². The molecule has 2 rings (SSSR count). The predicted octanol–water partition coefficient (Wildman–Crippen LogP) is 2.49. The lowest BCUT2D eigenvalue weighted by atomic mass is 9.89. The molecule has 1 aliphatic heterocycles. The van der Waals surface area contributed by atoms with E-state index in [0.717, 1.165) is 19.5 Å². The fourth-order valence-corrected chi connectivity index (χ4v) is 3.23. The van der Waals surface area contributed by atoms with Gasteiger partial charge in [-0.1, -0.05) is 38.5 Å². The molecule has 0 saturated heterocycles. The van der Waals surface area contributed by atoms with Gasteiger partial charge in [0.25, 0.3) is 0 Å². The Balaban J connectivity index is 2.13. The molecule has 0 spiro atoms. The monoisotopic (exact) mass is 276 g/mol. The number of benzene rings is 1. The first-order chi connectivity index (χ1) is 9.80. The van der Waals surface area contributed by atoms with Gasteiger partial charge in [0, 0.05) is 25.7 Å². The van der Waals surface area contributed by atoms with E-state index in [1.54, 1.807) is 0 Å². The highest BCUT2D eigenvalue weighted by Crippen LogP contribution is 2.33. The maximum absolute atomic E-state index is 8.82. The molecule has 1 unspecified atom stereocenters. The topological polar surface area (TPSA) is 35.5 Å². The van der Waals surface area contributed by atoms with Crippen molar-refractivity contribution in [3.05, 3.63) is 34.9 Å². The molecule has 0 saturated carbocycles. The third-order valence-corrected chi connectivity index (χ3v) is 4.26. The fourth-order valence-electron chi connectivity index (χ4n) is 3.23. The molecule has 0 amide bonds. The normalized spacial score (nSPS) is 19.1. The highest BCUT2D eigenvalue weighted by atomic mass is 16.3. The summed E-state index contributed by atoms with van der Waals surface area (Å²) in [6.45, 7) is 8.58. The second-order valence-electron chi connectivity index (χ2n) is 5.62. The largest absolute Gasteiger partial charge is 0.395 e. The standard InChI is InChI=1S/C17H28N2O/c1-3-5-17-16-7-6-14(13-18-9-11-20)12-15(16)8-10-19(17)4-2/h6-7,12,17-18,20H,3-5,8-11,13H2,1-2H3. The summed E-state index contributed by atoms with van der Waals surface area (Å²) in [7, 11) is 0. The number of aliphatic hydroxyl groups is 1. The third-order valence-electron chi connectivity index (χ3n) is 4.26. The summed E-state index contributed by atoms with van der Waals surface area (Å²) in [5.74, 6) is 0. The molecule has 0 bridgehead atoms. The third kappa shape index (κ3) is 3.60. The van der Waals surface area contributed by atoms with E-state index in [9.17, 15) is 0 Å². The zero-order valence-corrected chi connectivity index (χ0v) is 12.9. The molecule has 0 aromatic heterocycles. The highest BCUT2D eigenvalue weighted by molar-refractivity contribution is 5.36. The first-order valence-electron chi connectivity index (χ1n) is 7.97. The maximum atomic E-state index is 8.82. The Morgan fingerprint density at radius 3 is 2.90 bits per heavy atom. The van der Waals surface area contributed by atoms with E-state index in [1.807, 2.05) is 0 Å². The van der Waals surface area contributed by atoms with Gasteiger partial charge in [-0.2, -0.15) is 0 Å². The van der Waals surface area contributed by atoms with Crippen molar-refractivity contribution in [1.82, 2.24) is 10.2 Å². The predicted molar refractivity (Wildman–Crippen MR) is 83.8 cm³/mol. The van der Waals surface area contributed by atoms with Crippen LogP contribution in [-0.4, -0.2) is 36.2 Å². The number of hydrogen-bond acceptors (Lipinski definition) is 3. The zero-order chi connectivity index (χ0) is 14.4. The number of rotatable bonds is 7. The Labute approximate surface area is 123 Å². The van der Waals surface area contributed by atoms with Gasteiger partial charge in [-0.15, -0.1) is 0 Å². The number of nitrogens with zero attached hydrogens (tertiary/aromatic N) is 1. The highest BCUT2D eigenvalue weighted by Gasteiger charge is 2.25. The van der Waals surface area contributed by atoms with Crippen LogP contribution in [-0.2, 0) is 13.0 Å². The van der Waals surface area contributed by atoms with Crippen LogP contribution in [0.25, 0.3) is 0 Å². The number of aliphatic hydroxyl groups excluding tert-OH is 1. The molecule has 1 heterocycles. The molecular formula is C17H28N2O. The van der Waals surface area contributed by atoms with Crippen LogP contribution in [0.5, 0.6) is 0 Å². The average molecular weight is 276 g/mol. The van der Waals surface area contributed by atoms with Gasteiger partial charge in [0.1, 0.15) is 0 Å². The molecular weight excluding hydrogens is 248 g/mol. The fraction of sp³-hybridized carbons (Fsp3) is 0.647. The molecule has 112 valence electrons. The van der Waals surface area contributed by atoms with Gasteiger partial charge in [-0.05, 0) is 36.1 Å². The maximum Gasteiger partial charge on any atom is 0.0556 e. The van der Waals surface area contributed by atoms with Crippen molar-refractivity contribution in [3.8, 4) is 0 Å². The van der Waals surface area contributed by atoms with E-state index in [0.29, 0.717) is 12.6 Å². The van der Waals surface area contributed by atoms with Crippen molar-refractivity contribution >= 4 is 0 Å². The van der Waals surface area contributed by atoms with Crippen molar-refractivity contribution < 1.29 is 5.11 Å². The van der Waals surface area contributed by atoms with Crippen molar-refractivity contribution in [2.45, 2.75) is 45.7 Å². The van der Waals surface area contributed by atoms with Crippen LogP contribution in [0.1, 0.15) is 49.4 Å². The minimum absolute atomic E-state index is 0.203. The lowest BCUT2D eigenvalue weighted by molar-refractivity contribution is 0.184. The number of fused-ring (bicyclic) bond motifs is 1. The van der Waals surface area contributed by atoms with Gasteiger partial charge in [0.15, 0.2) is 0 Å². The van der Waals surface area contributed by atoms with E-state index in [1.165, 1.54) is 36.1 Å². The molecule has 0 fully saturated rings. The van der Waals surface area contributed by atoms with Crippen LogP contribution in [0.3, 0.4) is 0 Å². The first-order valence-corrected chi connectivity index (χ1v) is 7.97. The Bertz CT molecular complexity index is 419. The Morgan fingerprint density at radius 2 is 2.20 bits per heavy atom. The number of nitrogens with one attached hydrogen (secondary N) is 1. The van der Waals surface area contributed by atoms with Gasteiger partial charge >= 0.3 is 0 Å². The van der Waals surface area contributed by atoms with Crippen LogP contribution in [0.2, 0.25) is 0 Å². The second kappa shape index (κ2) is 7.77. The molecule has 3 nitrogen and oxygen atoms in total. The van der Waals surface area contributed by atoms with Crippen molar-refractivity contribution in [1.29, 1.82) is 0 Å². The summed E-state index contributed by atoms with van der Waals surface area (Å²) in [5, 5.41) is 12.1. The summed E-state index contributed by atoms with van der Waals surface area (Å²) < 4.78 is 0. The molecule has 1 aliphatic rings. The zero-order valence-electron chi connectivity index (χ0n) is 12.9. The van der Waals surface area contributed by atoms with Crippen LogP contribution in [0, 0.1) is 0 Å². The molecule has 20 heavy (non-hydrogen) atoms. The molecule has 1 aromatic rings. The molecule has 0 aliphatic carbocycles. The van der Waals surface area contributed by atoms with E-state index in [-0.39, 0.29) is 6.61 Å². The van der Waals surface area contributed by atoms with Crippen molar-refractivity contribution in [2.24, 2.45) is 0 Å². The van der Waals surface area contributed by atoms with E-state index in [2.05, 4.69) is 42.3 Å². The average Bonchev–Trinajstić information content (AvgIpc) is 2.48.